The Morgan fingerprint density at radius 1 is 0.323 bits per heavy atom. The van der Waals surface area contributed by atoms with Crippen LogP contribution in [-0.4, -0.2) is 147 Å². The van der Waals surface area contributed by atoms with Gasteiger partial charge >= 0.3 is 0 Å². The molecule has 0 bridgehead atoms. The Balaban J connectivity index is 1.69. The maximum atomic E-state index is 2.73. The van der Waals surface area contributed by atoms with Crippen molar-refractivity contribution in [3.05, 3.63) is 0 Å². The molecule has 2 heterocycles. The second-order valence-electron chi connectivity index (χ2n) is 9.48. The largest absolute Gasteiger partial charge is 0.301 e. The number of hydrogen-bond acceptors (Lipinski definition) is 6. The third-order valence-corrected chi connectivity index (χ3v) is 7.63. The summed E-state index contributed by atoms with van der Waals surface area (Å²) in [5.74, 6) is 0. The van der Waals surface area contributed by atoms with E-state index in [-0.39, 0.29) is 0 Å². The third-order valence-electron chi connectivity index (χ3n) is 7.63. The Morgan fingerprint density at radius 2 is 0.548 bits per heavy atom. The highest BCUT2D eigenvalue weighted by molar-refractivity contribution is 4.72. The van der Waals surface area contributed by atoms with Gasteiger partial charge in [0.15, 0.2) is 0 Å². The summed E-state index contributed by atoms with van der Waals surface area (Å²) in [5, 5.41) is 0. The molecule has 2 aliphatic heterocycles. The van der Waals surface area contributed by atoms with Crippen LogP contribution in [0.5, 0.6) is 0 Å². The minimum Gasteiger partial charge on any atom is -0.301 e. The third kappa shape index (κ3) is 11.0. The Kier molecular flexibility index (Phi) is 14.3. The van der Waals surface area contributed by atoms with Crippen LogP contribution in [-0.2, 0) is 0 Å². The van der Waals surface area contributed by atoms with Crippen molar-refractivity contribution in [2.45, 2.75) is 47.0 Å². The molecule has 6 nitrogen and oxygen atoms in total. The van der Waals surface area contributed by atoms with Crippen LogP contribution in [0.4, 0.5) is 0 Å². The molecule has 6 heteroatoms. The molecule has 2 saturated heterocycles. The van der Waals surface area contributed by atoms with Crippen molar-refractivity contribution in [3.8, 4) is 0 Å². The van der Waals surface area contributed by atoms with E-state index in [0.717, 1.165) is 0 Å². The highest BCUT2D eigenvalue weighted by Crippen LogP contribution is 2.06. The Morgan fingerprint density at radius 3 is 0.774 bits per heavy atom. The Hall–Kier alpha value is -0.240. The monoisotopic (exact) mass is 438 g/mol. The number of rotatable bonds is 10. The Bertz CT molecular complexity index is 364. The number of likely N-dealkylation sites (N-methyl/N-ethyl adjacent to an activating group) is 4. The average molecular weight is 439 g/mol. The van der Waals surface area contributed by atoms with E-state index in [0.29, 0.717) is 0 Å². The summed E-state index contributed by atoms with van der Waals surface area (Å²) in [6, 6.07) is 0. The molecule has 0 aromatic carbocycles. The van der Waals surface area contributed by atoms with Crippen LogP contribution in [0.3, 0.4) is 0 Å². The second-order valence-corrected chi connectivity index (χ2v) is 9.48. The summed E-state index contributed by atoms with van der Waals surface area (Å²) in [5.41, 5.74) is 0. The molecule has 2 fully saturated rings. The van der Waals surface area contributed by atoms with Crippen molar-refractivity contribution in [2.75, 3.05) is 118 Å². The zero-order chi connectivity index (χ0) is 22.3. The minimum absolute atomic E-state index is 1.19. The molecule has 184 valence electrons. The quantitative estimate of drug-likeness (QED) is 0.483. The summed E-state index contributed by atoms with van der Waals surface area (Å²) >= 11 is 0. The van der Waals surface area contributed by atoms with Gasteiger partial charge in [-0.15, -0.1) is 0 Å². The molecule has 0 aliphatic carbocycles. The highest BCUT2D eigenvalue weighted by Gasteiger charge is 2.16. The van der Waals surface area contributed by atoms with E-state index in [1.165, 1.54) is 137 Å². The first-order valence-corrected chi connectivity index (χ1v) is 13.5. The molecule has 0 atom stereocenters. The summed E-state index contributed by atoms with van der Waals surface area (Å²) in [6.07, 6.45) is 4.08. The fourth-order valence-electron chi connectivity index (χ4n) is 4.93. The van der Waals surface area contributed by atoms with Gasteiger partial charge in [-0.1, -0.05) is 34.1 Å². The second kappa shape index (κ2) is 16.4. The minimum atomic E-state index is 1.19. The lowest BCUT2D eigenvalue weighted by atomic mass is 10.2. The van der Waals surface area contributed by atoms with Gasteiger partial charge in [-0.05, 0) is 52.1 Å². The van der Waals surface area contributed by atoms with Gasteiger partial charge in [-0.25, -0.2) is 0 Å². The zero-order valence-electron chi connectivity index (χ0n) is 21.5. The predicted molar refractivity (Wildman–Crippen MR) is 135 cm³/mol. The SMILES string of the molecule is CCN1CCN(CC)CCN(CCCCCN2CCN(CC)CCN(CC)CC2)CC1. The van der Waals surface area contributed by atoms with Gasteiger partial charge in [-0.3, -0.25) is 0 Å². The van der Waals surface area contributed by atoms with Crippen LogP contribution in [0.15, 0.2) is 0 Å². The standard InChI is InChI=1S/C25H54N6/c1-5-26-14-15-27(6-2)19-23-30(22-18-26)12-10-9-11-13-31-24-20-28(7-3)16-17-29(8-4)21-25-31/h5-25H2,1-4H3. The number of hydrogen-bond donors (Lipinski definition) is 0. The molecule has 31 heavy (non-hydrogen) atoms. The first-order chi connectivity index (χ1) is 15.2. The van der Waals surface area contributed by atoms with E-state index in [2.05, 4.69) is 57.1 Å². The normalized spacial score (nSPS) is 23.6. The smallest absolute Gasteiger partial charge is 0.0110 e. The molecular weight excluding hydrogens is 384 g/mol. The van der Waals surface area contributed by atoms with E-state index in [9.17, 15) is 0 Å². The van der Waals surface area contributed by atoms with E-state index >= 15 is 0 Å². The molecule has 0 aromatic heterocycles. The van der Waals surface area contributed by atoms with Crippen molar-refractivity contribution < 1.29 is 0 Å². The van der Waals surface area contributed by atoms with Gasteiger partial charge < -0.3 is 29.4 Å². The molecule has 0 unspecified atom stereocenters. The lowest BCUT2D eigenvalue weighted by molar-refractivity contribution is 0.208. The van der Waals surface area contributed by atoms with Gasteiger partial charge in [0.25, 0.3) is 0 Å². The van der Waals surface area contributed by atoms with Gasteiger partial charge in [0.1, 0.15) is 0 Å². The van der Waals surface area contributed by atoms with Crippen LogP contribution in [0, 0.1) is 0 Å². The summed E-state index contributed by atoms with van der Waals surface area (Å²) in [4.78, 5) is 16.0. The Labute approximate surface area is 194 Å². The van der Waals surface area contributed by atoms with Gasteiger partial charge in [0.05, 0.1) is 0 Å². The van der Waals surface area contributed by atoms with E-state index in [1.54, 1.807) is 0 Å². The summed E-state index contributed by atoms with van der Waals surface area (Å²) in [6.45, 7) is 31.4. The first-order valence-electron chi connectivity index (χ1n) is 13.5. The number of unbranched alkanes of at least 4 members (excludes halogenated alkanes) is 2. The van der Waals surface area contributed by atoms with Crippen LogP contribution in [0.25, 0.3) is 0 Å². The molecule has 0 saturated carbocycles. The molecule has 0 amide bonds. The summed E-state index contributed by atoms with van der Waals surface area (Å²) in [7, 11) is 0. The van der Waals surface area contributed by atoms with Crippen molar-refractivity contribution >= 4 is 0 Å². The van der Waals surface area contributed by atoms with E-state index < -0.39 is 0 Å². The molecule has 0 aromatic rings. The van der Waals surface area contributed by atoms with Gasteiger partial charge in [0, 0.05) is 78.5 Å². The fourth-order valence-corrected chi connectivity index (χ4v) is 4.93. The van der Waals surface area contributed by atoms with Crippen molar-refractivity contribution in [1.29, 1.82) is 0 Å². The average Bonchev–Trinajstić information content (AvgIpc) is 2.96. The molecule has 0 radical (unpaired) electrons. The van der Waals surface area contributed by atoms with Crippen LogP contribution in [0.2, 0.25) is 0 Å². The molecule has 2 aliphatic rings. The molecule has 0 N–H and O–H groups in total. The van der Waals surface area contributed by atoms with E-state index in [4.69, 9.17) is 0 Å². The lowest BCUT2D eigenvalue weighted by Crippen LogP contribution is -2.37. The topological polar surface area (TPSA) is 19.4 Å². The molecule has 0 spiro atoms. The highest BCUT2D eigenvalue weighted by atomic mass is 15.3. The van der Waals surface area contributed by atoms with Crippen LogP contribution < -0.4 is 0 Å². The zero-order valence-corrected chi connectivity index (χ0v) is 21.5. The number of nitrogens with zero attached hydrogens (tertiary/aromatic N) is 6. The lowest BCUT2D eigenvalue weighted by Gasteiger charge is -2.26. The van der Waals surface area contributed by atoms with Crippen LogP contribution in [0.1, 0.15) is 47.0 Å². The predicted octanol–water partition coefficient (Wildman–Crippen LogP) is 2.08. The molecule has 2 rings (SSSR count). The first kappa shape index (κ1) is 27.0. The summed E-state index contributed by atoms with van der Waals surface area (Å²) < 4.78 is 0. The van der Waals surface area contributed by atoms with Crippen molar-refractivity contribution in [1.82, 2.24) is 29.4 Å². The van der Waals surface area contributed by atoms with Gasteiger partial charge in [0.2, 0.25) is 0 Å². The van der Waals surface area contributed by atoms with Crippen molar-refractivity contribution in [3.63, 3.8) is 0 Å². The van der Waals surface area contributed by atoms with Crippen LogP contribution >= 0.6 is 0 Å². The fraction of sp³-hybridized carbons (Fsp3) is 1.00. The van der Waals surface area contributed by atoms with Gasteiger partial charge in [-0.2, -0.15) is 0 Å². The maximum absolute atomic E-state index is 2.73. The maximum Gasteiger partial charge on any atom is 0.0110 e. The van der Waals surface area contributed by atoms with E-state index in [1.807, 2.05) is 0 Å². The van der Waals surface area contributed by atoms with Crippen molar-refractivity contribution in [2.24, 2.45) is 0 Å². The molecular formula is C25H54N6.